The van der Waals surface area contributed by atoms with Gasteiger partial charge in [0.15, 0.2) is 6.61 Å². The molecule has 27 heavy (non-hydrogen) atoms. The Hall–Kier alpha value is -2.49. The normalized spacial score (nSPS) is 17.0. The van der Waals surface area contributed by atoms with Crippen molar-refractivity contribution in [2.75, 3.05) is 20.3 Å². The van der Waals surface area contributed by atoms with Gasteiger partial charge in [0.25, 0.3) is 5.91 Å². The van der Waals surface area contributed by atoms with Crippen molar-refractivity contribution in [2.24, 2.45) is 0 Å². The zero-order valence-electron chi connectivity index (χ0n) is 16.7. The van der Waals surface area contributed by atoms with Gasteiger partial charge in [0.2, 0.25) is 0 Å². The average Bonchev–Trinajstić information content (AvgIpc) is 3.15. The fourth-order valence-electron chi connectivity index (χ4n) is 3.70. The Morgan fingerprint density at radius 3 is 2.67 bits per heavy atom. The number of carbonyl (C=O) groups excluding carboxylic acids is 1. The van der Waals surface area contributed by atoms with Gasteiger partial charge in [0.1, 0.15) is 11.5 Å². The molecule has 1 amide bonds. The molecule has 0 saturated carbocycles. The Bertz CT molecular complexity index is 794. The molecular formula is C23H29NO3. The summed E-state index contributed by atoms with van der Waals surface area (Å²) in [7, 11) is 1.66. The lowest BCUT2D eigenvalue weighted by atomic mass is 9.86. The largest absolute Gasteiger partial charge is 0.497 e. The summed E-state index contributed by atoms with van der Waals surface area (Å²) in [5, 5.41) is 0. The third kappa shape index (κ3) is 4.44. The summed E-state index contributed by atoms with van der Waals surface area (Å²) in [5.74, 6) is 1.64. The molecule has 1 saturated heterocycles. The molecule has 0 N–H and O–H groups in total. The van der Waals surface area contributed by atoms with Gasteiger partial charge in [-0.2, -0.15) is 0 Å². The summed E-state index contributed by atoms with van der Waals surface area (Å²) >= 11 is 0. The van der Waals surface area contributed by atoms with Crippen LogP contribution >= 0.6 is 0 Å². The van der Waals surface area contributed by atoms with E-state index in [1.165, 1.54) is 0 Å². The minimum absolute atomic E-state index is 0.0313. The number of amides is 1. The van der Waals surface area contributed by atoms with Crippen molar-refractivity contribution in [1.82, 2.24) is 4.90 Å². The second-order valence-electron chi connectivity index (χ2n) is 8.06. The van der Waals surface area contributed by atoms with E-state index in [9.17, 15) is 4.79 Å². The first kappa shape index (κ1) is 19.3. The number of likely N-dealkylation sites (tertiary alicyclic amines) is 1. The van der Waals surface area contributed by atoms with Gasteiger partial charge in [-0.1, -0.05) is 51.1 Å². The maximum absolute atomic E-state index is 12.9. The molecule has 2 aromatic rings. The summed E-state index contributed by atoms with van der Waals surface area (Å²) in [6.45, 7) is 7.28. The van der Waals surface area contributed by atoms with Crippen LogP contribution in [-0.4, -0.2) is 31.1 Å². The molecule has 4 nitrogen and oxygen atoms in total. The van der Waals surface area contributed by atoms with Gasteiger partial charge in [0.05, 0.1) is 13.2 Å². The van der Waals surface area contributed by atoms with E-state index in [4.69, 9.17) is 9.47 Å². The third-order valence-corrected chi connectivity index (χ3v) is 5.10. The number of hydrogen-bond acceptors (Lipinski definition) is 3. The van der Waals surface area contributed by atoms with Gasteiger partial charge < -0.3 is 14.4 Å². The number of nitrogens with zero attached hydrogens (tertiary/aromatic N) is 1. The summed E-state index contributed by atoms with van der Waals surface area (Å²) in [6, 6.07) is 16.0. The molecule has 0 bridgehead atoms. The standard InChI is InChI=1S/C23H29NO3/c1-23(2,3)19-11-5-6-13-21(19)27-16-22(25)24-14-8-12-20(24)17-9-7-10-18(15-17)26-4/h5-7,9-11,13,15,20H,8,12,14,16H2,1-4H3. The van der Waals surface area contributed by atoms with Gasteiger partial charge in [-0.3, -0.25) is 4.79 Å². The molecular weight excluding hydrogens is 338 g/mol. The lowest BCUT2D eigenvalue weighted by Gasteiger charge is -2.26. The monoisotopic (exact) mass is 367 g/mol. The zero-order valence-corrected chi connectivity index (χ0v) is 16.7. The molecule has 1 unspecified atom stereocenters. The van der Waals surface area contributed by atoms with Crippen LogP contribution in [0.3, 0.4) is 0 Å². The van der Waals surface area contributed by atoms with Gasteiger partial charge in [0, 0.05) is 6.54 Å². The van der Waals surface area contributed by atoms with Crippen LogP contribution in [-0.2, 0) is 10.2 Å². The van der Waals surface area contributed by atoms with Gasteiger partial charge >= 0.3 is 0 Å². The highest BCUT2D eigenvalue weighted by Gasteiger charge is 2.30. The zero-order chi connectivity index (χ0) is 19.4. The molecule has 3 rings (SSSR count). The molecule has 0 aliphatic carbocycles. The van der Waals surface area contributed by atoms with Crippen molar-refractivity contribution >= 4 is 5.91 Å². The van der Waals surface area contributed by atoms with Gasteiger partial charge in [-0.15, -0.1) is 0 Å². The van der Waals surface area contributed by atoms with Crippen molar-refractivity contribution in [3.63, 3.8) is 0 Å². The Morgan fingerprint density at radius 2 is 1.93 bits per heavy atom. The highest BCUT2D eigenvalue weighted by molar-refractivity contribution is 5.78. The Kier molecular flexibility index (Phi) is 5.73. The van der Waals surface area contributed by atoms with Crippen LogP contribution in [0.4, 0.5) is 0 Å². The molecule has 1 aliphatic rings. The van der Waals surface area contributed by atoms with E-state index in [0.29, 0.717) is 0 Å². The SMILES string of the molecule is COc1cccc(C2CCCN2C(=O)COc2ccccc2C(C)(C)C)c1. The van der Waals surface area contributed by atoms with E-state index in [0.717, 1.165) is 42.0 Å². The molecule has 2 aromatic carbocycles. The smallest absolute Gasteiger partial charge is 0.261 e. The lowest BCUT2D eigenvalue weighted by molar-refractivity contribution is -0.134. The fraction of sp³-hybridized carbons (Fsp3) is 0.435. The van der Waals surface area contributed by atoms with Crippen LogP contribution < -0.4 is 9.47 Å². The van der Waals surface area contributed by atoms with Crippen molar-refractivity contribution in [3.8, 4) is 11.5 Å². The predicted molar refractivity (Wildman–Crippen MR) is 107 cm³/mol. The fourth-order valence-corrected chi connectivity index (χ4v) is 3.70. The Labute approximate surface area is 162 Å². The van der Waals surface area contributed by atoms with Crippen molar-refractivity contribution in [1.29, 1.82) is 0 Å². The molecule has 0 radical (unpaired) electrons. The second-order valence-corrected chi connectivity index (χ2v) is 8.06. The molecule has 1 aliphatic heterocycles. The Morgan fingerprint density at radius 1 is 1.15 bits per heavy atom. The molecule has 144 valence electrons. The molecule has 0 spiro atoms. The van der Waals surface area contributed by atoms with E-state index in [1.54, 1.807) is 7.11 Å². The summed E-state index contributed by atoms with van der Waals surface area (Å²) in [6.07, 6.45) is 1.98. The number of ether oxygens (including phenoxy) is 2. The van der Waals surface area contributed by atoms with Crippen LogP contribution in [0.5, 0.6) is 11.5 Å². The van der Waals surface area contributed by atoms with Gasteiger partial charge in [-0.05, 0) is 47.6 Å². The molecule has 1 atom stereocenters. The minimum atomic E-state index is -0.0313. The van der Waals surface area contributed by atoms with Crippen molar-refractivity contribution in [2.45, 2.75) is 45.1 Å². The van der Waals surface area contributed by atoms with Crippen LogP contribution in [0.25, 0.3) is 0 Å². The highest BCUT2D eigenvalue weighted by atomic mass is 16.5. The molecule has 1 fully saturated rings. The number of rotatable bonds is 5. The van der Waals surface area contributed by atoms with Gasteiger partial charge in [-0.25, -0.2) is 0 Å². The number of carbonyl (C=O) groups is 1. The van der Waals surface area contributed by atoms with E-state index < -0.39 is 0 Å². The highest BCUT2D eigenvalue weighted by Crippen LogP contribution is 2.34. The number of methoxy groups -OCH3 is 1. The van der Waals surface area contributed by atoms with E-state index in [1.807, 2.05) is 41.3 Å². The summed E-state index contributed by atoms with van der Waals surface area (Å²) in [5.41, 5.74) is 2.20. The number of benzene rings is 2. The van der Waals surface area contributed by atoms with E-state index in [2.05, 4.69) is 32.9 Å². The minimum Gasteiger partial charge on any atom is -0.497 e. The van der Waals surface area contributed by atoms with Crippen molar-refractivity contribution in [3.05, 3.63) is 59.7 Å². The van der Waals surface area contributed by atoms with Crippen LogP contribution in [0.2, 0.25) is 0 Å². The van der Waals surface area contributed by atoms with Crippen LogP contribution in [0, 0.1) is 0 Å². The topological polar surface area (TPSA) is 38.8 Å². The first-order chi connectivity index (χ1) is 12.9. The van der Waals surface area contributed by atoms with Crippen LogP contribution in [0.1, 0.15) is 50.8 Å². The summed E-state index contributed by atoms with van der Waals surface area (Å²) < 4.78 is 11.3. The maximum Gasteiger partial charge on any atom is 0.261 e. The molecule has 1 heterocycles. The first-order valence-electron chi connectivity index (χ1n) is 9.56. The quantitative estimate of drug-likeness (QED) is 0.766. The second kappa shape index (κ2) is 8.03. The van der Waals surface area contributed by atoms with Crippen molar-refractivity contribution < 1.29 is 14.3 Å². The van der Waals surface area contributed by atoms with E-state index in [-0.39, 0.29) is 24.0 Å². The predicted octanol–water partition coefficient (Wildman–Crippen LogP) is 4.74. The molecule has 0 aromatic heterocycles. The van der Waals surface area contributed by atoms with E-state index >= 15 is 0 Å². The number of hydrogen-bond donors (Lipinski definition) is 0. The van der Waals surface area contributed by atoms with Crippen LogP contribution in [0.15, 0.2) is 48.5 Å². The molecule has 4 heteroatoms. The maximum atomic E-state index is 12.9. The summed E-state index contributed by atoms with van der Waals surface area (Å²) in [4.78, 5) is 14.8. The third-order valence-electron chi connectivity index (χ3n) is 5.10. The Balaban J connectivity index is 1.71. The first-order valence-corrected chi connectivity index (χ1v) is 9.56. The average molecular weight is 367 g/mol. The number of para-hydroxylation sites is 1. The lowest BCUT2D eigenvalue weighted by Crippen LogP contribution is -2.34.